The Morgan fingerprint density at radius 3 is 2.60 bits per heavy atom. The van der Waals surface area contributed by atoms with Gasteiger partial charge in [-0.3, -0.25) is 13.9 Å². The molecule has 2 aromatic rings. The molecule has 0 saturated carbocycles. The van der Waals surface area contributed by atoms with Crippen LogP contribution in [0, 0.1) is 0 Å². The average molecular weight is 362 g/mol. The van der Waals surface area contributed by atoms with Gasteiger partial charge in [0.15, 0.2) is 0 Å². The Kier molecular flexibility index (Phi) is 4.63. The highest BCUT2D eigenvalue weighted by Gasteiger charge is 2.36. The third-order valence-corrected chi connectivity index (χ3v) is 5.88. The van der Waals surface area contributed by atoms with Gasteiger partial charge in [-0.2, -0.15) is 0 Å². The molecule has 1 aliphatic rings. The monoisotopic (exact) mass is 362 g/mol. The number of nitrogens with zero attached hydrogens (tertiary/aromatic N) is 1. The van der Waals surface area contributed by atoms with Gasteiger partial charge in [-0.15, -0.1) is 0 Å². The molecular formula is C17H18N2O5S. The molecule has 132 valence electrons. The number of nitrogens with one attached hydrogen (secondary N) is 1. The van der Waals surface area contributed by atoms with Gasteiger partial charge in [0.05, 0.1) is 17.7 Å². The van der Waals surface area contributed by atoms with Crippen LogP contribution in [0.4, 0.5) is 5.69 Å². The number of carbonyl (C=O) groups is 2. The van der Waals surface area contributed by atoms with E-state index in [0.29, 0.717) is 17.5 Å². The van der Waals surface area contributed by atoms with E-state index < -0.39 is 15.9 Å². The molecular weight excluding hydrogens is 344 g/mol. The van der Waals surface area contributed by atoms with Crippen molar-refractivity contribution in [3.05, 3.63) is 36.4 Å². The molecule has 0 bridgehead atoms. The Hall–Kier alpha value is -2.61. The van der Waals surface area contributed by atoms with Crippen molar-refractivity contribution in [1.29, 1.82) is 0 Å². The van der Waals surface area contributed by atoms with Crippen molar-refractivity contribution < 1.29 is 22.7 Å². The molecule has 1 amide bonds. The maximum atomic E-state index is 12.7. The summed E-state index contributed by atoms with van der Waals surface area (Å²) in [5.41, 5.74) is 0.512. The van der Waals surface area contributed by atoms with Gasteiger partial charge in [0.25, 0.3) is 10.0 Å². The van der Waals surface area contributed by atoms with E-state index in [4.69, 9.17) is 0 Å². The third kappa shape index (κ3) is 3.17. The standard InChI is InChI=1S/C17H18N2O5S/c1-24-16(21)9-4-10-18-15(20)11-19-13-7-2-5-12-6-3-8-14(17(12)13)25(19,22)23/h2-3,5-8H,4,9-11H2,1H3,(H,18,20). The van der Waals surface area contributed by atoms with Gasteiger partial charge in [-0.25, -0.2) is 8.42 Å². The fourth-order valence-electron chi connectivity index (χ4n) is 2.88. The van der Waals surface area contributed by atoms with Crippen LogP contribution in [0.5, 0.6) is 0 Å². The second-order valence-electron chi connectivity index (χ2n) is 5.67. The van der Waals surface area contributed by atoms with Crippen molar-refractivity contribution in [2.45, 2.75) is 17.7 Å². The molecule has 0 fully saturated rings. The number of rotatable bonds is 6. The first kappa shape index (κ1) is 17.2. The van der Waals surface area contributed by atoms with Crippen molar-refractivity contribution in [3.8, 4) is 0 Å². The molecule has 25 heavy (non-hydrogen) atoms. The molecule has 1 heterocycles. The van der Waals surface area contributed by atoms with Crippen LogP contribution in [0.15, 0.2) is 41.3 Å². The highest BCUT2D eigenvalue weighted by molar-refractivity contribution is 7.93. The van der Waals surface area contributed by atoms with Crippen LogP contribution in [0.3, 0.4) is 0 Å². The van der Waals surface area contributed by atoms with Crippen LogP contribution in [0.25, 0.3) is 10.8 Å². The molecule has 0 aromatic heterocycles. The molecule has 0 saturated heterocycles. The second-order valence-corrected chi connectivity index (χ2v) is 7.50. The van der Waals surface area contributed by atoms with E-state index >= 15 is 0 Å². The Bertz CT molecular complexity index is 934. The summed E-state index contributed by atoms with van der Waals surface area (Å²) in [6.45, 7) is -0.0205. The SMILES string of the molecule is COC(=O)CCCNC(=O)CN1c2cccc3cccc(c23)S1(=O)=O. The summed E-state index contributed by atoms with van der Waals surface area (Å²) in [6.07, 6.45) is 0.629. The summed E-state index contributed by atoms with van der Waals surface area (Å²) in [5.74, 6) is -0.767. The molecule has 0 aliphatic carbocycles. The van der Waals surface area contributed by atoms with Crippen LogP contribution >= 0.6 is 0 Å². The summed E-state index contributed by atoms with van der Waals surface area (Å²) < 4.78 is 31.1. The predicted molar refractivity (Wildman–Crippen MR) is 92.7 cm³/mol. The van der Waals surface area contributed by atoms with Gasteiger partial charge in [-0.05, 0) is 23.9 Å². The zero-order valence-corrected chi connectivity index (χ0v) is 14.5. The maximum Gasteiger partial charge on any atom is 0.305 e. The molecule has 7 nitrogen and oxygen atoms in total. The van der Waals surface area contributed by atoms with Gasteiger partial charge in [0.1, 0.15) is 6.54 Å². The molecule has 0 radical (unpaired) electrons. The maximum absolute atomic E-state index is 12.7. The van der Waals surface area contributed by atoms with Crippen molar-refractivity contribution in [1.82, 2.24) is 5.32 Å². The molecule has 1 N–H and O–H groups in total. The first-order valence-electron chi connectivity index (χ1n) is 7.83. The average Bonchev–Trinajstić information content (AvgIpc) is 2.82. The number of methoxy groups -OCH3 is 1. The van der Waals surface area contributed by atoms with Gasteiger partial charge in [0.2, 0.25) is 5.91 Å². The lowest BCUT2D eigenvalue weighted by atomic mass is 10.1. The fraction of sp³-hybridized carbons (Fsp3) is 0.294. The lowest BCUT2D eigenvalue weighted by Gasteiger charge is -2.18. The first-order valence-corrected chi connectivity index (χ1v) is 9.27. The fourth-order valence-corrected chi connectivity index (χ4v) is 4.54. The van der Waals surface area contributed by atoms with Crippen LogP contribution in [-0.2, 0) is 24.3 Å². The molecule has 2 aromatic carbocycles. The number of esters is 1. The van der Waals surface area contributed by atoms with Crippen molar-refractivity contribution in [2.24, 2.45) is 0 Å². The predicted octanol–water partition coefficient (Wildman–Crippen LogP) is 1.42. The van der Waals surface area contributed by atoms with Crippen LogP contribution < -0.4 is 9.62 Å². The number of anilines is 1. The van der Waals surface area contributed by atoms with E-state index in [9.17, 15) is 18.0 Å². The molecule has 1 aliphatic heterocycles. The summed E-state index contributed by atoms with van der Waals surface area (Å²) in [7, 11) is -2.44. The third-order valence-electron chi connectivity index (χ3n) is 4.08. The van der Waals surface area contributed by atoms with Crippen molar-refractivity contribution in [2.75, 3.05) is 24.5 Å². The number of carbonyl (C=O) groups excluding carboxylic acids is 2. The Balaban J connectivity index is 1.73. The zero-order valence-electron chi connectivity index (χ0n) is 13.7. The van der Waals surface area contributed by atoms with E-state index in [1.54, 1.807) is 24.3 Å². The summed E-state index contributed by atoms with van der Waals surface area (Å²) in [6, 6.07) is 10.4. The minimum Gasteiger partial charge on any atom is -0.469 e. The Labute approximate surface area is 145 Å². The van der Waals surface area contributed by atoms with Gasteiger partial charge in [0, 0.05) is 18.4 Å². The highest BCUT2D eigenvalue weighted by atomic mass is 32.2. The lowest BCUT2D eigenvalue weighted by Crippen LogP contribution is -2.39. The van der Waals surface area contributed by atoms with Crippen LogP contribution in [-0.4, -0.2) is 40.5 Å². The number of amides is 1. The minimum atomic E-state index is -3.74. The molecule has 0 unspecified atom stereocenters. The highest BCUT2D eigenvalue weighted by Crippen LogP contribution is 2.41. The van der Waals surface area contributed by atoms with Crippen LogP contribution in [0.2, 0.25) is 0 Å². The topological polar surface area (TPSA) is 92.8 Å². The van der Waals surface area contributed by atoms with Crippen molar-refractivity contribution >= 4 is 38.4 Å². The normalized spacial score (nSPS) is 14.5. The minimum absolute atomic E-state index is 0.198. The molecule has 0 spiro atoms. The van der Waals surface area contributed by atoms with E-state index in [1.165, 1.54) is 7.11 Å². The number of ether oxygens (including phenoxy) is 1. The van der Waals surface area contributed by atoms with E-state index in [0.717, 1.165) is 9.69 Å². The summed E-state index contributed by atoms with van der Waals surface area (Å²) in [4.78, 5) is 23.4. The van der Waals surface area contributed by atoms with Crippen LogP contribution in [0.1, 0.15) is 12.8 Å². The smallest absolute Gasteiger partial charge is 0.305 e. The largest absolute Gasteiger partial charge is 0.469 e. The lowest BCUT2D eigenvalue weighted by molar-refractivity contribution is -0.140. The number of benzene rings is 2. The Morgan fingerprint density at radius 2 is 1.88 bits per heavy atom. The summed E-state index contributed by atoms with van der Waals surface area (Å²) in [5, 5.41) is 4.09. The van der Waals surface area contributed by atoms with E-state index in [2.05, 4.69) is 10.1 Å². The van der Waals surface area contributed by atoms with E-state index in [1.807, 2.05) is 12.1 Å². The zero-order chi connectivity index (χ0) is 18.0. The Morgan fingerprint density at radius 1 is 1.16 bits per heavy atom. The van der Waals surface area contributed by atoms with Gasteiger partial charge in [-0.1, -0.05) is 24.3 Å². The van der Waals surface area contributed by atoms with E-state index in [-0.39, 0.29) is 30.4 Å². The number of hydrogen-bond donors (Lipinski definition) is 1. The number of hydrogen-bond acceptors (Lipinski definition) is 5. The first-order chi connectivity index (χ1) is 11.9. The summed E-state index contributed by atoms with van der Waals surface area (Å²) >= 11 is 0. The van der Waals surface area contributed by atoms with Crippen molar-refractivity contribution in [3.63, 3.8) is 0 Å². The number of sulfonamides is 1. The second kappa shape index (κ2) is 6.72. The van der Waals surface area contributed by atoms with Gasteiger partial charge < -0.3 is 10.1 Å². The molecule has 8 heteroatoms. The molecule has 0 atom stereocenters. The quantitative estimate of drug-likeness (QED) is 0.620. The van der Waals surface area contributed by atoms with Gasteiger partial charge >= 0.3 is 5.97 Å². The molecule has 3 rings (SSSR count).